The number of rotatable bonds is 5. The van der Waals surface area contributed by atoms with Gasteiger partial charge >= 0.3 is 6.03 Å². The lowest BCUT2D eigenvalue weighted by atomic mass is 10.0. The Balaban J connectivity index is 1.54. The average molecular weight is 406 g/mol. The number of halogens is 1. The highest BCUT2D eigenvalue weighted by Crippen LogP contribution is 2.19. The van der Waals surface area contributed by atoms with Gasteiger partial charge in [0.05, 0.1) is 0 Å². The Morgan fingerprint density at radius 3 is 2.39 bits per heavy atom. The number of nitrogens with one attached hydrogen (secondary N) is 3. The summed E-state index contributed by atoms with van der Waals surface area (Å²) in [5.74, 6) is -0.163. The number of amides is 3. The Kier molecular flexibility index (Phi) is 6.35. The second kappa shape index (κ2) is 8.92. The van der Waals surface area contributed by atoms with Crippen LogP contribution in [0.25, 0.3) is 0 Å². The molecule has 0 saturated carbocycles. The minimum absolute atomic E-state index is 0.0813. The molecule has 0 spiro atoms. The van der Waals surface area contributed by atoms with Gasteiger partial charge in [0.1, 0.15) is 12.4 Å². The molecule has 1 aromatic heterocycles. The Morgan fingerprint density at radius 1 is 1.14 bits per heavy atom. The molecule has 3 N–H and O–H groups in total. The van der Waals surface area contributed by atoms with Gasteiger partial charge in [0.2, 0.25) is 11.9 Å². The first kappa shape index (κ1) is 19.9. The molecule has 1 aliphatic heterocycles. The second-order valence-electron chi connectivity index (χ2n) is 6.95. The van der Waals surface area contributed by atoms with Crippen LogP contribution >= 0.6 is 11.6 Å². The number of H-pyrrole nitrogens is 1. The summed E-state index contributed by atoms with van der Waals surface area (Å²) in [6.45, 7) is 6.33. The smallest absolute Gasteiger partial charge is 0.318 e. The molecule has 1 atom stereocenters. The lowest BCUT2D eigenvalue weighted by Gasteiger charge is -2.37. The number of carbonyl (C=O) groups is 2. The summed E-state index contributed by atoms with van der Waals surface area (Å²) >= 11 is 5.94. The number of urea groups is 1. The molecule has 3 amide bonds. The lowest BCUT2D eigenvalue weighted by molar-refractivity contribution is -0.118. The van der Waals surface area contributed by atoms with Gasteiger partial charge in [-0.05, 0) is 30.2 Å². The zero-order valence-corrected chi connectivity index (χ0v) is 16.6. The maximum Gasteiger partial charge on any atom is 0.318 e. The molecule has 9 nitrogen and oxygen atoms in total. The summed E-state index contributed by atoms with van der Waals surface area (Å²) in [4.78, 5) is 33.0. The first-order valence-electron chi connectivity index (χ1n) is 9.16. The predicted molar refractivity (Wildman–Crippen MR) is 107 cm³/mol. The van der Waals surface area contributed by atoms with Crippen molar-refractivity contribution in [2.75, 3.05) is 36.4 Å². The van der Waals surface area contributed by atoms with Crippen LogP contribution in [0.15, 0.2) is 30.6 Å². The highest BCUT2D eigenvalue weighted by molar-refractivity contribution is 6.30. The van der Waals surface area contributed by atoms with Crippen LogP contribution in [0.3, 0.4) is 0 Å². The van der Waals surface area contributed by atoms with Crippen molar-refractivity contribution in [3.05, 3.63) is 35.6 Å². The van der Waals surface area contributed by atoms with E-state index in [4.69, 9.17) is 11.6 Å². The van der Waals surface area contributed by atoms with Crippen molar-refractivity contribution >= 4 is 35.2 Å². The largest absolute Gasteiger partial charge is 0.368 e. The predicted octanol–water partition coefficient (Wildman–Crippen LogP) is 1.95. The van der Waals surface area contributed by atoms with E-state index in [0.29, 0.717) is 31.2 Å². The number of hydrogen-bond acceptors (Lipinski definition) is 5. The summed E-state index contributed by atoms with van der Waals surface area (Å²) in [5.41, 5.74) is 1.08. The second-order valence-corrected chi connectivity index (χ2v) is 7.38. The fourth-order valence-corrected chi connectivity index (χ4v) is 3.17. The van der Waals surface area contributed by atoms with Crippen molar-refractivity contribution in [2.45, 2.75) is 19.9 Å². The van der Waals surface area contributed by atoms with Crippen LogP contribution in [0.1, 0.15) is 13.8 Å². The molecule has 2 heterocycles. The number of anilines is 2. The summed E-state index contributed by atoms with van der Waals surface area (Å²) in [7, 11) is 0. The van der Waals surface area contributed by atoms with E-state index in [0.717, 1.165) is 5.69 Å². The van der Waals surface area contributed by atoms with Crippen molar-refractivity contribution in [3.63, 3.8) is 0 Å². The number of aromatic amines is 1. The molecule has 1 aliphatic rings. The van der Waals surface area contributed by atoms with Crippen LogP contribution in [0.4, 0.5) is 16.4 Å². The number of aromatic nitrogens is 3. The number of carbonyl (C=O) groups excluding carboxylic acids is 2. The molecule has 0 radical (unpaired) electrons. The molecule has 1 aromatic carbocycles. The van der Waals surface area contributed by atoms with Crippen LogP contribution in [0, 0.1) is 5.92 Å². The van der Waals surface area contributed by atoms with E-state index in [-0.39, 0.29) is 23.8 Å². The quantitative estimate of drug-likeness (QED) is 0.705. The lowest BCUT2D eigenvalue weighted by Crippen LogP contribution is -2.56. The number of benzene rings is 1. The van der Waals surface area contributed by atoms with Crippen molar-refractivity contribution in [1.29, 1.82) is 0 Å². The number of hydrogen-bond donors (Lipinski definition) is 3. The third-order valence-corrected chi connectivity index (χ3v) is 4.90. The average Bonchev–Trinajstić information content (AvgIpc) is 3.19. The Bertz CT molecular complexity index is 787. The third kappa shape index (κ3) is 4.92. The standard InChI is InChI=1S/C18H24ClN7O2/c1-12(2)15(16(27)23-17-20-11-21-24-17)22-18(28)26-9-7-25(8-10-26)14-5-3-13(19)4-6-14/h3-6,11-12,15H,7-10H2,1-2H3,(H,22,28)(H2,20,21,23,24,27)/t15-/m1/s1. The van der Waals surface area contributed by atoms with Crippen LogP contribution in [0.5, 0.6) is 0 Å². The zero-order chi connectivity index (χ0) is 20.1. The molecule has 2 aromatic rings. The SMILES string of the molecule is CC(C)[C@@H](NC(=O)N1CCN(c2ccc(Cl)cc2)CC1)C(=O)Nc1ncn[nH]1. The van der Waals surface area contributed by atoms with Gasteiger partial charge in [0, 0.05) is 36.9 Å². The molecule has 28 heavy (non-hydrogen) atoms. The zero-order valence-electron chi connectivity index (χ0n) is 15.9. The summed E-state index contributed by atoms with van der Waals surface area (Å²) in [6, 6.07) is 6.74. The molecular formula is C18H24ClN7O2. The molecule has 0 aliphatic carbocycles. The molecule has 0 unspecified atom stereocenters. The van der Waals surface area contributed by atoms with Crippen LogP contribution < -0.4 is 15.5 Å². The first-order chi connectivity index (χ1) is 13.4. The molecule has 1 saturated heterocycles. The van der Waals surface area contributed by atoms with Gasteiger partial charge in [-0.25, -0.2) is 9.89 Å². The van der Waals surface area contributed by atoms with E-state index < -0.39 is 6.04 Å². The normalized spacial score (nSPS) is 15.4. The van der Waals surface area contributed by atoms with E-state index >= 15 is 0 Å². The molecule has 1 fully saturated rings. The van der Waals surface area contributed by atoms with Crippen molar-refractivity contribution in [3.8, 4) is 0 Å². The van der Waals surface area contributed by atoms with Crippen molar-refractivity contribution in [1.82, 2.24) is 25.4 Å². The fourth-order valence-electron chi connectivity index (χ4n) is 3.04. The van der Waals surface area contributed by atoms with Gasteiger partial charge < -0.3 is 15.1 Å². The maximum absolute atomic E-state index is 12.7. The first-order valence-corrected chi connectivity index (χ1v) is 9.54. The summed E-state index contributed by atoms with van der Waals surface area (Å²) in [5, 5.41) is 12.4. The van der Waals surface area contributed by atoms with Gasteiger partial charge in [-0.3, -0.25) is 10.1 Å². The van der Waals surface area contributed by atoms with Gasteiger partial charge in [0.15, 0.2) is 0 Å². The van der Waals surface area contributed by atoms with E-state index in [9.17, 15) is 9.59 Å². The van der Waals surface area contributed by atoms with Crippen LogP contribution in [-0.4, -0.2) is 64.2 Å². The molecule has 3 rings (SSSR count). The monoisotopic (exact) mass is 405 g/mol. The van der Waals surface area contributed by atoms with Crippen LogP contribution in [-0.2, 0) is 4.79 Å². The third-order valence-electron chi connectivity index (χ3n) is 4.64. The molecular weight excluding hydrogens is 382 g/mol. The summed E-state index contributed by atoms with van der Waals surface area (Å²) < 4.78 is 0. The minimum Gasteiger partial charge on any atom is -0.368 e. The van der Waals surface area contributed by atoms with E-state index in [1.54, 1.807) is 4.90 Å². The van der Waals surface area contributed by atoms with Gasteiger partial charge in [-0.15, -0.1) is 0 Å². The van der Waals surface area contributed by atoms with Crippen molar-refractivity contribution < 1.29 is 9.59 Å². The number of nitrogens with zero attached hydrogens (tertiary/aromatic N) is 4. The van der Waals surface area contributed by atoms with Crippen molar-refractivity contribution in [2.24, 2.45) is 5.92 Å². The Labute approximate surface area is 168 Å². The Hall–Kier alpha value is -2.81. The molecule has 0 bridgehead atoms. The van der Waals surface area contributed by atoms with Gasteiger partial charge in [0.25, 0.3) is 0 Å². The highest BCUT2D eigenvalue weighted by atomic mass is 35.5. The van der Waals surface area contributed by atoms with Crippen LogP contribution in [0.2, 0.25) is 5.02 Å². The van der Waals surface area contributed by atoms with Gasteiger partial charge in [-0.2, -0.15) is 10.1 Å². The maximum atomic E-state index is 12.7. The Morgan fingerprint density at radius 2 is 1.82 bits per heavy atom. The molecule has 10 heteroatoms. The van der Waals surface area contributed by atoms with Gasteiger partial charge in [-0.1, -0.05) is 25.4 Å². The minimum atomic E-state index is -0.674. The van der Waals surface area contributed by atoms with E-state index in [1.807, 2.05) is 38.1 Å². The highest BCUT2D eigenvalue weighted by Gasteiger charge is 2.28. The van der Waals surface area contributed by atoms with E-state index in [1.165, 1.54) is 6.33 Å². The molecule has 150 valence electrons. The topological polar surface area (TPSA) is 106 Å². The fraction of sp³-hybridized carbons (Fsp3) is 0.444. The summed E-state index contributed by atoms with van der Waals surface area (Å²) in [6.07, 6.45) is 1.30. The number of piperazine rings is 1. The van der Waals surface area contributed by atoms with E-state index in [2.05, 4.69) is 30.7 Å².